The van der Waals surface area contributed by atoms with Crippen LogP contribution >= 0.6 is 11.3 Å². The molecule has 2 aromatic heterocycles. The minimum absolute atomic E-state index is 0.407. The van der Waals surface area contributed by atoms with Crippen molar-refractivity contribution in [2.75, 3.05) is 24.3 Å². The molecule has 1 aliphatic rings. The molecule has 1 aliphatic heterocycles. The lowest BCUT2D eigenvalue weighted by Gasteiger charge is -2.29. The Morgan fingerprint density at radius 2 is 2.40 bits per heavy atom. The van der Waals surface area contributed by atoms with Crippen molar-refractivity contribution in [2.24, 2.45) is 0 Å². The zero-order valence-electron chi connectivity index (χ0n) is 11.1. The summed E-state index contributed by atoms with van der Waals surface area (Å²) in [6.07, 6.45) is 2.55. The maximum Gasteiger partial charge on any atom is 0.341 e. The molecule has 2 aromatic rings. The van der Waals surface area contributed by atoms with Crippen LogP contribution in [0.1, 0.15) is 20.8 Å². The highest BCUT2D eigenvalue weighted by Crippen LogP contribution is 2.29. The van der Waals surface area contributed by atoms with Crippen molar-refractivity contribution in [3.63, 3.8) is 0 Å². The van der Waals surface area contributed by atoms with Crippen molar-refractivity contribution in [3.8, 4) is 0 Å². The molecule has 0 atom stereocenters. The van der Waals surface area contributed by atoms with E-state index in [9.17, 15) is 4.79 Å². The van der Waals surface area contributed by atoms with E-state index < -0.39 is 5.97 Å². The van der Waals surface area contributed by atoms with Gasteiger partial charge in [0.1, 0.15) is 11.4 Å². The minimum atomic E-state index is -0.407. The van der Waals surface area contributed by atoms with E-state index in [4.69, 9.17) is 10.5 Å². The predicted molar refractivity (Wildman–Crippen MR) is 79.1 cm³/mol. The molecule has 3 heterocycles. The third kappa shape index (κ3) is 2.22. The number of ether oxygens (including phenoxy) is 1. The Labute approximate surface area is 121 Å². The third-order valence-electron chi connectivity index (χ3n) is 3.40. The average Bonchev–Trinajstić information content (AvgIpc) is 2.93. The van der Waals surface area contributed by atoms with Crippen molar-refractivity contribution < 1.29 is 9.53 Å². The summed E-state index contributed by atoms with van der Waals surface area (Å²) in [5.41, 5.74) is 7.91. The molecule has 20 heavy (non-hydrogen) atoms. The van der Waals surface area contributed by atoms with Crippen LogP contribution in [0.2, 0.25) is 0 Å². The molecule has 2 N–H and O–H groups in total. The molecule has 0 aliphatic carbocycles. The van der Waals surface area contributed by atoms with Gasteiger partial charge < -0.3 is 15.4 Å². The Bertz CT molecular complexity index is 654. The Balaban J connectivity index is 1.97. The Morgan fingerprint density at radius 3 is 3.20 bits per heavy atom. The normalized spacial score (nSPS) is 13.9. The molecule has 0 aromatic carbocycles. The van der Waals surface area contributed by atoms with E-state index in [1.54, 1.807) is 23.6 Å². The largest absolute Gasteiger partial charge is 0.465 e. The summed E-state index contributed by atoms with van der Waals surface area (Å²) in [6.45, 7) is 1.61. The van der Waals surface area contributed by atoms with Crippen LogP contribution in [0.5, 0.6) is 0 Å². The highest BCUT2D eigenvalue weighted by atomic mass is 32.1. The molecule has 0 unspecified atom stereocenters. The first-order valence-electron chi connectivity index (χ1n) is 6.33. The first kappa shape index (κ1) is 12.9. The number of thiophene rings is 1. The second-order valence-corrected chi connectivity index (χ2v) is 5.67. The van der Waals surface area contributed by atoms with Crippen molar-refractivity contribution in [3.05, 3.63) is 39.7 Å². The van der Waals surface area contributed by atoms with Gasteiger partial charge >= 0.3 is 5.97 Å². The van der Waals surface area contributed by atoms with Crippen LogP contribution < -0.4 is 10.6 Å². The summed E-state index contributed by atoms with van der Waals surface area (Å²) >= 11 is 1.78. The second-order valence-electron chi connectivity index (χ2n) is 4.67. The standard InChI is InChI=1S/C14H15N3O2S/c1-19-14(18)11-6-10(15)7-16-13(11)17-4-2-12-9(8-17)3-5-20-12/h3,5-7H,2,4,8,15H2,1H3. The van der Waals surface area contributed by atoms with Crippen LogP contribution in [-0.2, 0) is 17.7 Å². The number of pyridine rings is 1. The fourth-order valence-electron chi connectivity index (χ4n) is 2.42. The first-order valence-corrected chi connectivity index (χ1v) is 7.21. The molecule has 0 spiro atoms. The maximum atomic E-state index is 11.9. The minimum Gasteiger partial charge on any atom is -0.465 e. The van der Waals surface area contributed by atoms with Crippen LogP contribution in [0, 0.1) is 0 Å². The summed E-state index contributed by atoms with van der Waals surface area (Å²) in [6, 6.07) is 3.75. The lowest BCUT2D eigenvalue weighted by atomic mass is 10.1. The van der Waals surface area contributed by atoms with Crippen LogP contribution in [-0.4, -0.2) is 24.6 Å². The highest BCUT2D eigenvalue weighted by Gasteiger charge is 2.23. The van der Waals surface area contributed by atoms with Gasteiger partial charge in [0.05, 0.1) is 19.0 Å². The number of nitrogens with two attached hydrogens (primary N) is 1. The molecule has 0 bridgehead atoms. The smallest absolute Gasteiger partial charge is 0.341 e. The van der Waals surface area contributed by atoms with E-state index in [2.05, 4.69) is 21.3 Å². The fourth-order valence-corrected chi connectivity index (χ4v) is 3.30. The Kier molecular flexibility index (Phi) is 3.31. The van der Waals surface area contributed by atoms with Gasteiger partial charge in [0.2, 0.25) is 0 Å². The van der Waals surface area contributed by atoms with Crippen LogP contribution in [0.3, 0.4) is 0 Å². The molecule has 5 nitrogen and oxygen atoms in total. The van der Waals surface area contributed by atoms with Gasteiger partial charge in [0.15, 0.2) is 0 Å². The van der Waals surface area contributed by atoms with Crippen molar-refractivity contribution >= 4 is 28.8 Å². The van der Waals surface area contributed by atoms with E-state index >= 15 is 0 Å². The lowest BCUT2D eigenvalue weighted by molar-refractivity contribution is 0.0601. The van der Waals surface area contributed by atoms with E-state index in [1.807, 2.05) is 0 Å². The van der Waals surface area contributed by atoms with E-state index in [-0.39, 0.29) is 0 Å². The number of hydrogen-bond donors (Lipinski definition) is 1. The number of hydrogen-bond acceptors (Lipinski definition) is 6. The average molecular weight is 289 g/mol. The van der Waals surface area contributed by atoms with Gasteiger partial charge in [0, 0.05) is 18.0 Å². The van der Waals surface area contributed by atoms with Gasteiger partial charge in [-0.05, 0) is 29.5 Å². The molecule has 0 fully saturated rings. The lowest BCUT2D eigenvalue weighted by Crippen LogP contribution is -2.31. The maximum absolute atomic E-state index is 11.9. The molecule has 104 valence electrons. The topological polar surface area (TPSA) is 68.5 Å². The number of rotatable bonds is 2. The molecule has 0 saturated heterocycles. The number of carbonyl (C=O) groups is 1. The van der Waals surface area contributed by atoms with Gasteiger partial charge in [-0.1, -0.05) is 0 Å². The monoisotopic (exact) mass is 289 g/mol. The first-order chi connectivity index (χ1) is 9.69. The zero-order valence-corrected chi connectivity index (χ0v) is 11.9. The molecule has 0 amide bonds. The van der Waals surface area contributed by atoms with Gasteiger partial charge in [0.25, 0.3) is 0 Å². The number of carbonyl (C=O) groups excluding carboxylic acids is 1. The number of methoxy groups -OCH3 is 1. The fraction of sp³-hybridized carbons (Fsp3) is 0.286. The number of esters is 1. The number of anilines is 2. The molecule has 3 rings (SSSR count). The zero-order chi connectivity index (χ0) is 14.1. The molecule has 0 radical (unpaired) electrons. The van der Waals surface area contributed by atoms with Crippen LogP contribution in [0.25, 0.3) is 0 Å². The number of nitrogens with zero attached hydrogens (tertiary/aromatic N) is 2. The van der Waals surface area contributed by atoms with Gasteiger partial charge in [-0.3, -0.25) is 0 Å². The third-order valence-corrected chi connectivity index (χ3v) is 4.42. The second kappa shape index (κ2) is 5.13. The molecular formula is C14H15N3O2S. The van der Waals surface area contributed by atoms with Crippen LogP contribution in [0.4, 0.5) is 11.5 Å². The Hall–Kier alpha value is -2.08. The van der Waals surface area contributed by atoms with E-state index in [1.165, 1.54) is 17.6 Å². The van der Waals surface area contributed by atoms with Gasteiger partial charge in [-0.15, -0.1) is 11.3 Å². The van der Waals surface area contributed by atoms with Gasteiger partial charge in [-0.25, -0.2) is 9.78 Å². The molecule has 6 heteroatoms. The SMILES string of the molecule is COC(=O)c1cc(N)cnc1N1CCc2sccc2C1. The quantitative estimate of drug-likeness (QED) is 0.857. The number of nitrogen functional groups attached to an aromatic ring is 1. The summed E-state index contributed by atoms with van der Waals surface area (Å²) in [4.78, 5) is 19.7. The number of aromatic nitrogens is 1. The van der Waals surface area contributed by atoms with Crippen molar-refractivity contribution in [2.45, 2.75) is 13.0 Å². The highest BCUT2D eigenvalue weighted by molar-refractivity contribution is 7.10. The molecule has 0 saturated carbocycles. The van der Waals surface area contributed by atoms with Gasteiger partial charge in [-0.2, -0.15) is 0 Å². The summed E-state index contributed by atoms with van der Waals surface area (Å²) < 4.78 is 4.82. The number of fused-ring (bicyclic) bond motifs is 1. The van der Waals surface area contributed by atoms with Crippen molar-refractivity contribution in [1.29, 1.82) is 0 Å². The summed E-state index contributed by atoms with van der Waals surface area (Å²) in [7, 11) is 1.36. The van der Waals surface area contributed by atoms with Crippen molar-refractivity contribution in [1.82, 2.24) is 4.98 Å². The molecular weight excluding hydrogens is 274 g/mol. The summed E-state index contributed by atoms with van der Waals surface area (Å²) in [5.74, 6) is 0.235. The predicted octanol–water partition coefficient (Wildman–Crippen LogP) is 2.07. The Morgan fingerprint density at radius 1 is 1.55 bits per heavy atom. The van der Waals surface area contributed by atoms with E-state index in [0.717, 1.165) is 19.5 Å². The van der Waals surface area contributed by atoms with E-state index in [0.29, 0.717) is 17.1 Å². The summed E-state index contributed by atoms with van der Waals surface area (Å²) in [5, 5.41) is 2.10. The van der Waals surface area contributed by atoms with Crippen LogP contribution in [0.15, 0.2) is 23.7 Å².